The molecule has 1 N–H and O–H groups in total. The second kappa shape index (κ2) is 8.69. The zero-order chi connectivity index (χ0) is 19.9. The molecule has 0 aliphatic heterocycles. The molecule has 4 rings (SSSR count). The quantitative estimate of drug-likeness (QED) is 0.488. The lowest BCUT2D eigenvalue weighted by Gasteiger charge is -2.07. The summed E-state index contributed by atoms with van der Waals surface area (Å²) in [5.41, 5.74) is 5.03. The van der Waals surface area contributed by atoms with Crippen molar-refractivity contribution >= 4 is 11.6 Å². The van der Waals surface area contributed by atoms with E-state index in [0.29, 0.717) is 16.9 Å². The zero-order valence-electron chi connectivity index (χ0n) is 15.7. The lowest BCUT2D eigenvalue weighted by Crippen LogP contribution is -2.11. The highest BCUT2D eigenvalue weighted by Gasteiger charge is 2.07. The Kier molecular flexibility index (Phi) is 5.46. The van der Waals surface area contributed by atoms with E-state index >= 15 is 0 Å². The van der Waals surface area contributed by atoms with Gasteiger partial charge in [0.15, 0.2) is 0 Å². The van der Waals surface area contributed by atoms with E-state index in [1.807, 2.05) is 97.1 Å². The predicted octanol–water partition coefficient (Wildman–Crippen LogP) is 5.40. The average molecular weight is 374 g/mol. The van der Waals surface area contributed by atoms with Crippen LogP contribution in [0.1, 0.15) is 21.6 Å². The van der Waals surface area contributed by atoms with Crippen molar-refractivity contribution in [2.75, 3.05) is 5.32 Å². The third kappa shape index (κ3) is 4.77. The number of rotatable bonds is 3. The number of benzene rings is 3. The fraction of sp³-hybridized carbons (Fsp3) is 0. The molecule has 1 heterocycles. The molecule has 0 unspecified atom stereocenters. The van der Waals surface area contributed by atoms with Gasteiger partial charge in [-0.1, -0.05) is 60.5 Å². The number of anilines is 1. The molecular formula is C26H18N2O. The summed E-state index contributed by atoms with van der Waals surface area (Å²) in [4.78, 5) is 16.8. The first kappa shape index (κ1) is 18.2. The Morgan fingerprint density at radius 3 is 2.24 bits per heavy atom. The largest absolute Gasteiger partial charge is 0.322 e. The molecule has 1 amide bonds. The van der Waals surface area contributed by atoms with Crippen molar-refractivity contribution in [3.05, 3.63) is 120 Å². The molecule has 0 fully saturated rings. The van der Waals surface area contributed by atoms with Crippen LogP contribution in [0, 0.1) is 11.8 Å². The number of aromatic nitrogens is 1. The van der Waals surface area contributed by atoms with Crippen LogP contribution in [0.5, 0.6) is 0 Å². The third-order valence-corrected chi connectivity index (χ3v) is 4.37. The molecule has 3 heteroatoms. The zero-order valence-corrected chi connectivity index (χ0v) is 15.7. The smallest absolute Gasteiger partial charge is 0.255 e. The SMILES string of the molecule is O=C(Nc1cccc(C#Cc2ccccn2)c1)c1ccc(-c2ccccc2)cc1. The van der Waals surface area contributed by atoms with Gasteiger partial charge in [0.1, 0.15) is 5.69 Å². The van der Waals surface area contributed by atoms with Crippen molar-refractivity contribution < 1.29 is 4.79 Å². The van der Waals surface area contributed by atoms with Crippen LogP contribution in [0.3, 0.4) is 0 Å². The van der Waals surface area contributed by atoms with Gasteiger partial charge in [-0.25, -0.2) is 4.98 Å². The van der Waals surface area contributed by atoms with E-state index in [9.17, 15) is 4.79 Å². The van der Waals surface area contributed by atoms with Gasteiger partial charge in [-0.2, -0.15) is 0 Å². The molecule has 0 aliphatic rings. The van der Waals surface area contributed by atoms with Crippen molar-refractivity contribution in [2.45, 2.75) is 0 Å². The number of nitrogens with zero attached hydrogens (tertiary/aromatic N) is 1. The number of nitrogens with one attached hydrogen (secondary N) is 1. The Morgan fingerprint density at radius 1 is 0.724 bits per heavy atom. The van der Waals surface area contributed by atoms with Gasteiger partial charge in [0, 0.05) is 23.0 Å². The summed E-state index contributed by atoms with van der Waals surface area (Å²) in [6, 6.07) is 30.8. The summed E-state index contributed by atoms with van der Waals surface area (Å²) in [5.74, 6) is 5.94. The van der Waals surface area contributed by atoms with E-state index in [2.05, 4.69) is 22.1 Å². The molecule has 29 heavy (non-hydrogen) atoms. The number of amides is 1. The summed E-state index contributed by atoms with van der Waals surface area (Å²) < 4.78 is 0. The van der Waals surface area contributed by atoms with Crippen LogP contribution < -0.4 is 5.32 Å². The van der Waals surface area contributed by atoms with Gasteiger partial charge in [0.25, 0.3) is 5.91 Å². The maximum absolute atomic E-state index is 12.6. The minimum atomic E-state index is -0.153. The van der Waals surface area contributed by atoms with Crippen LogP contribution >= 0.6 is 0 Å². The van der Waals surface area contributed by atoms with E-state index in [0.717, 1.165) is 16.7 Å². The van der Waals surface area contributed by atoms with Gasteiger partial charge < -0.3 is 5.32 Å². The van der Waals surface area contributed by atoms with Crippen molar-refractivity contribution in [2.24, 2.45) is 0 Å². The van der Waals surface area contributed by atoms with E-state index < -0.39 is 0 Å². The molecule has 1 aromatic heterocycles. The van der Waals surface area contributed by atoms with Crippen molar-refractivity contribution in [3.8, 4) is 23.0 Å². The number of hydrogen-bond donors (Lipinski definition) is 1. The highest BCUT2D eigenvalue weighted by atomic mass is 16.1. The van der Waals surface area contributed by atoms with Gasteiger partial charge in [-0.05, 0) is 59.5 Å². The maximum atomic E-state index is 12.6. The summed E-state index contributed by atoms with van der Waals surface area (Å²) in [7, 11) is 0. The van der Waals surface area contributed by atoms with E-state index in [1.54, 1.807) is 6.20 Å². The van der Waals surface area contributed by atoms with E-state index in [-0.39, 0.29) is 5.91 Å². The van der Waals surface area contributed by atoms with Crippen LogP contribution in [-0.4, -0.2) is 10.9 Å². The molecular weight excluding hydrogens is 356 g/mol. The van der Waals surface area contributed by atoms with Gasteiger partial charge in [-0.15, -0.1) is 0 Å². The number of carbonyl (C=O) groups is 1. The Labute approximate surface area is 170 Å². The standard InChI is InChI=1S/C26H18N2O/c29-26(23-15-13-22(14-16-23)21-8-2-1-3-9-21)28-25-11-6-7-20(19-25)12-17-24-10-4-5-18-27-24/h1-11,13-16,18-19H,(H,28,29). The van der Waals surface area contributed by atoms with Crippen LogP contribution in [0.2, 0.25) is 0 Å². The Morgan fingerprint density at radius 2 is 1.48 bits per heavy atom. The molecule has 0 aliphatic carbocycles. The average Bonchev–Trinajstić information content (AvgIpc) is 2.79. The first-order chi connectivity index (χ1) is 14.3. The molecule has 0 saturated carbocycles. The van der Waals surface area contributed by atoms with Crippen molar-refractivity contribution in [1.82, 2.24) is 4.98 Å². The van der Waals surface area contributed by atoms with Crippen molar-refractivity contribution in [1.29, 1.82) is 0 Å². The first-order valence-electron chi connectivity index (χ1n) is 9.28. The molecule has 0 spiro atoms. The molecule has 138 valence electrons. The van der Waals surface area contributed by atoms with Crippen LogP contribution in [0.15, 0.2) is 103 Å². The maximum Gasteiger partial charge on any atom is 0.255 e. The topological polar surface area (TPSA) is 42.0 Å². The lowest BCUT2D eigenvalue weighted by atomic mass is 10.0. The Bertz CT molecular complexity index is 1170. The summed E-state index contributed by atoms with van der Waals surface area (Å²) in [6.07, 6.45) is 1.71. The van der Waals surface area contributed by atoms with Crippen LogP contribution in [0.4, 0.5) is 5.69 Å². The Hall–Kier alpha value is -4.16. The minimum absolute atomic E-state index is 0.153. The molecule has 0 bridgehead atoms. The Balaban J connectivity index is 1.47. The first-order valence-corrected chi connectivity index (χ1v) is 9.28. The summed E-state index contributed by atoms with van der Waals surface area (Å²) in [6.45, 7) is 0. The van der Waals surface area contributed by atoms with Gasteiger partial charge in [0.05, 0.1) is 0 Å². The fourth-order valence-corrected chi connectivity index (χ4v) is 2.90. The molecule has 0 radical (unpaired) electrons. The highest BCUT2D eigenvalue weighted by molar-refractivity contribution is 6.04. The third-order valence-electron chi connectivity index (χ3n) is 4.37. The minimum Gasteiger partial charge on any atom is -0.322 e. The van der Waals surface area contributed by atoms with E-state index in [4.69, 9.17) is 0 Å². The molecule has 0 saturated heterocycles. The summed E-state index contributed by atoms with van der Waals surface area (Å²) in [5, 5.41) is 2.93. The van der Waals surface area contributed by atoms with E-state index in [1.165, 1.54) is 0 Å². The fourth-order valence-electron chi connectivity index (χ4n) is 2.90. The van der Waals surface area contributed by atoms with Gasteiger partial charge >= 0.3 is 0 Å². The molecule has 4 aromatic rings. The molecule has 0 atom stereocenters. The normalized spacial score (nSPS) is 9.93. The lowest BCUT2D eigenvalue weighted by molar-refractivity contribution is 0.102. The van der Waals surface area contributed by atoms with Gasteiger partial charge in [-0.3, -0.25) is 4.79 Å². The second-order valence-electron chi connectivity index (χ2n) is 6.44. The van der Waals surface area contributed by atoms with Gasteiger partial charge in [0.2, 0.25) is 0 Å². The predicted molar refractivity (Wildman–Crippen MR) is 116 cm³/mol. The molecule has 3 aromatic carbocycles. The number of pyridine rings is 1. The monoisotopic (exact) mass is 374 g/mol. The van der Waals surface area contributed by atoms with Crippen LogP contribution in [0.25, 0.3) is 11.1 Å². The summed E-state index contributed by atoms with van der Waals surface area (Å²) >= 11 is 0. The van der Waals surface area contributed by atoms with Crippen molar-refractivity contribution in [3.63, 3.8) is 0 Å². The highest BCUT2D eigenvalue weighted by Crippen LogP contribution is 2.20. The number of carbonyl (C=O) groups excluding carboxylic acids is 1. The number of hydrogen-bond acceptors (Lipinski definition) is 2. The molecule has 3 nitrogen and oxygen atoms in total. The second-order valence-corrected chi connectivity index (χ2v) is 6.44. The van der Waals surface area contributed by atoms with Crippen LogP contribution in [-0.2, 0) is 0 Å².